The molecule has 1 aliphatic rings. The van der Waals surface area contributed by atoms with Gasteiger partial charge in [-0.3, -0.25) is 14.9 Å². The fourth-order valence-electron chi connectivity index (χ4n) is 4.05. The van der Waals surface area contributed by atoms with Gasteiger partial charge in [-0.15, -0.1) is 0 Å². The first kappa shape index (κ1) is 17.2. The fourth-order valence-corrected chi connectivity index (χ4v) is 4.05. The number of rotatable bonds is 4. The number of hydrogen-bond acceptors (Lipinski definition) is 3. The summed E-state index contributed by atoms with van der Waals surface area (Å²) in [5.74, 6) is 0.0827. The number of aromatic nitrogens is 1. The van der Waals surface area contributed by atoms with E-state index in [1.807, 2.05) is 25.1 Å². The molecule has 0 atom stereocenters. The molecule has 136 valence electrons. The van der Waals surface area contributed by atoms with Crippen molar-refractivity contribution in [1.82, 2.24) is 4.57 Å². The molecule has 0 saturated heterocycles. The quantitative estimate of drug-likeness (QED) is 0.489. The molecule has 3 aromatic rings. The van der Waals surface area contributed by atoms with E-state index in [9.17, 15) is 14.9 Å². The molecule has 1 heterocycles. The zero-order valence-corrected chi connectivity index (χ0v) is 15.1. The molecule has 0 spiro atoms. The van der Waals surface area contributed by atoms with Crippen molar-refractivity contribution in [3.8, 4) is 11.1 Å². The van der Waals surface area contributed by atoms with Crippen molar-refractivity contribution in [3.63, 3.8) is 0 Å². The molecule has 1 aliphatic carbocycles. The first-order chi connectivity index (χ1) is 13.1. The highest BCUT2D eigenvalue weighted by molar-refractivity contribution is 6.06. The van der Waals surface area contributed by atoms with Gasteiger partial charge >= 0.3 is 0 Å². The molecule has 0 N–H and O–H groups in total. The number of para-hydroxylation sites is 1. The molecule has 0 saturated carbocycles. The van der Waals surface area contributed by atoms with Gasteiger partial charge in [0, 0.05) is 41.5 Å². The van der Waals surface area contributed by atoms with E-state index in [0.29, 0.717) is 24.1 Å². The highest BCUT2D eigenvalue weighted by atomic mass is 16.6. The number of nitro benzene ring substituents is 1. The van der Waals surface area contributed by atoms with Gasteiger partial charge in [-0.2, -0.15) is 0 Å². The minimum absolute atomic E-state index is 0.0404. The van der Waals surface area contributed by atoms with E-state index in [2.05, 4.69) is 16.7 Å². The summed E-state index contributed by atoms with van der Waals surface area (Å²) in [4.78, 5) is 24.0. The Hall–Kier alpha value is -3.21. The molecule has 1 aromatic heterocycles. The third-order valence-electron chi connectivity index (χ3n) is 5.28. The number of Topliss-reactive ketones (excluding diaryl/α,β-unsaturated/α-hetero) is 1. The molecule has 2 aromatic carbocycles. The second-order valence-corrected chi connectivity index (χ2v) is 6.90. The maximum Gasteiger partial charge on any atom is 0.277 e. The summed E-state index contributed by atoms with van der Waals surface area (Å²) in [6.45, 7) is 2.61. The molecule has 0 bridgehead atoms. The summed E-state index contributed by atoms with van der Waals surface area (Å²) < 4.78 is 2.16. The zero-order chi connectivity index (χ0) is 19.0. The Balaban J connectivity index is 1.96. The molecule has 4 rings (SSSR count). The van der Waals surface area contributed by atoms with Crippen LogP contribution in [0.25, 0.3) is 11.1 Å². The molecule has 0 unspecified atom stereocenters. The number of nitrogens with zero attached hydrogens (tertiary/aromatic N) is 2. The fraction of sp³-hybridized carbons (Fsp3) is 0.227. The zero-order valence-electron chi connectivity index (χ0n) is 15.1. The number of hydrogen-bond donors (Lipinski definition) is 0. The lowest BCUT2D eigenvalue weighted by atomic mass is 9.90. The maximum atomic E-state index is 12.8. The van der Waals surface area contributed by atoms with Crippen LogP contribution < -0.4 is 0 Å². The van der Waals surface area contributed by atoms with Crippen LogP contribution in [0.1, 0.15) is 40.2 Å². The second-order valence-electron chi connectivity index (χ2n) is 6.90. The Bertz CT molecular complexity index is 1040. The van der Waals surface area contributed by atoms with Gasteiger partial charge in [-0.1, -0.05) is 42.5 Å². The van der Waals surface area contributed by atoms with Gasteiger partial charge in [-0.05, 0) is 31.4 Å². The first-order valence-corrected chi connectivity index (χ1v) is 9.11. The summed E-state index contributed by atoms with van der Waals surface area (Å²) >= 11 is 0. The van der Waals surface area contributed by atoms with E-state index in [1.54, 1.807) is 18.2 Å². The monoisotopic (exact) mass is 360 g/mol. The summed E-state index contributed by atoms with van der Waals surface area (Å²) in [6, 6.07) is 16.8. The van der Waals surface area contributed by atoms with Crippen molar-refractivity contribution in [2.24, 2.45) is 0 Å². The van der Waals surface area contributed by atoms with Crippen molar-refractivity contribution in [3.05, 3.63) is 87.2 Å². The number of carbonyl (C=O) groups is 1. The molecule has 27 heavy (non-hydrogen) atoms. The lowest BCUT2D eigenvalue weighted by molar-refractivity contribution is -0.384. The van der Waals surface area contributed by atoms with E-state index in [4.69, 9.17) is 0 Å². The molecule has 0 amide bonds. The van der Waals surface area contributed by atoms with E-state index in [1.165, 1.54) is 6.07 Å². The van der Waals surface area contributed by atoms with Gasteiger partial charge in [0.2, 0.25) is 0 Å². The van der Waals surface area contributed by atoms with Crippen molar-refractivity contribution in [2.45, 2.75) is 32.7 Å². The van der Waals surface area contributed by atoms with Crippen LogP contribution in [0.5, 0.6) is 0 Å². The highest BCUT2D eigenvalue weighted by Crippen LogP contribution is 2.40. The van der Waals surface area contributed by atoms with Gasteiger partial charge in [0.15, 0.2) is 5.78 Å². The summed E-state index contributed by atoms with van der Waals surface area (Å²) in [6.07, 6.45) is 2.13. The second kappa shape index (κ2) is 6.83. The Labute approximate surface area is 157 Å². The number of fused-ring (bicyclic) bond motifs is 1. The van der Waals surface area contributed by atoms with Crippen molar-refractivity contribution in [2.75, 3.05) is 0 Å². The van der Waals surface area contributed by atoms with Crippen LogP contribution in [0, 0.1) is 17.0 Å². The topological polar surface area (TPSA) is 65.1 Å². The van der Waals surface area contributed by atoms with Crippen LogP contribution in [-0.4, -0.2) is 15.3 Å². The molecule has 0 radical (unpaired) electrons. The summed E-state index contributed by atoms with van der Waals surface area (Å²) in [5, 5.41) is 11.6. The summed E-state index contributed by atoms with van der Waals surface area (Å²) in [5.41, 5.74) is 5.01. The molecule has 5 heteroatoms. The minimum atomic E-state index is -0.372. The third kappa shape index (κ3) is 2.95. The van der Waals surface area contributed by atoms with Crippen LogP contribution in [0.3, 0.4) is 0 Å². The highest BCUT2D eigenvalue weighted by Gasteiger charge is 2.31. The Morgan fingerprint density at radius 3 is 2.44 bits per heavy atom. The molecular weight excluding hydrogens is 340 g/mol. The SMILES string of the molecule is Cc1c(-c2ccccc2[N+](=O)[O-])c2c(n1Cc1ccccc1)CCCC2=O. The Morgan fingerprint density at radius 2 is 1.70 bits per heavy atom. The molecule has 0 fully saturated rings. The third-order valence-corrected chi connectivity index (χ3v) is 5.28. The van der Waals surface area contributed by atoms with Crippen molar-refractivity contribution < 1.29 is 9.72 Å². The van der Waals surface area contributed by atoms with Gasteiger partial charge in [0.1, 0.15) is 0 Å². The standard InChI is InChI=1S/C22H20N2O3/c1-15-21(17-10-5-6-11-18(17)24(26)27)22-19(12-7-13-20(22)25)23(15)14-16-8-3-2-4-9-16/h2-6,8-11H,7,12-14H2,1H3. The minimum Gasteiger partial charge on any atom is -0.343 e. The van der Waals surface area contributed by atoms with E-state index in [0.717, 1.165) is 35.4 Å². The van der Waals surface area contributed by atoms with Crippen LogP contribution in [0.4, 0.5) is 5.69 Å². The number of carbonyl (C=O) groups excluding carboxylic acids is 1. The number of benzene rings is 2. The molecular formula is C22H20N2O3. The average Bonchev–Trinajstić information content (AvgIpc) is 2.96. The van der Waals surface area contributed by atoms with Crippen LogP contribution >= 0.6 is 0 Å². The van der Waals surface area contributed by atoms with E-state index in [-0.39, 0.29) is 16.4 Å². The smallest absolute Gasteiger partial charge is 0.277 e. The predicted octanol–water partition coefficient (Wildman–Crippen LogP) is 4.94. The summed E-state index contributed by atoms with van der Waals surface area (Å²) in [7, 11) is 0. The van der Waals surface area contributed by atoms with Crippen LogP contribution in [0.15, 0.2) is 54.6 Å². The lowest BCUT2D eigenvalue weighted by Crippen LogP contribution is -2.14. The van der Waals surface area contributed by atoms with Gasteiger partial charge in [0.25, 0.3) is 5.69 Å². The van der Waals surface area contributed by atoms with E-state index >= 15 is 0 Å². The maximum absolute atomic E-state index is 12.8. The number of ketones is 1. The largest absolute Gasteiger partial charge is 0.343 e. The normalized spacial score (nSPS) is 13.4. The van der Waals surface area contributed by atoms with Crippen molar-refractivity contribution in [1.29, 1.82) is 0 Å². The number of nitro groups is 1. The average molecular weight is 360 g/mol. The molecule has 0 aliphatic heterocycles. The Kier molecular flexibility index (Phi) is 4.36. The van der Waals surface area contributed by atoms with Crippen LogP contribution in [-0.2, 0) is 13.0 Å². The first-order valence-electron chi connectivity index (χ1n) is 9.11. The van der Waals surface area contributed by atoms with E-state index < -0.39 is 0 Å². The van der Waals surface area contributed by atoms with Gasteiger partial charge in [-0.25, -0.2) is 0 Å². The van der Waals surface area contributed by atoms with Gasteiger partial charge in [0.05, 0.1) is 10.5 Å². The van der Waals surface area contributed by atoms with Crippen LogP contribution in [0.2, 0.25) is 0 Å². The Morgan fingerprint density at radius 1 is 1.00 bits per heavy atom. The predicted molar refractivity (Wildman–Crippen MR) is 104 cm³/mol. The van der Waals surface area contributed by atoms with Crippen molar-refractivity contribution >= 4 is 11.5 Å². The molecule has 5 nitrogen and oxygen atoms in total. The van der Waals surface area contributed by atoms with Gasteiger partial charge < -0.3 is 4.57 Å². The lowest BCUT2D eigenvalue weighted by Gasteiger charge is -2.16.